The van der Waals surface area contributed by atoms with Crippen molar-refractivity contribution < 1.29 is 13.6 Å². The quantitative estimate of drug-likeness (QED) is 0.657. The molecule has 0 radical (unpaired) electrons. The van der Waals surface area contributed by atoms with E-state index in [0.29, 0.717) is 0 Å². The predicted molar refractivity (Wildman–Crippen MR) is 47.8 cm³/mol. The lowest BCUT2D eigenvalue weighted by Gasteiger charge is -2.14. The summed E-state index contributed by atoms with van der Waals surface area (Å²) in [4.78, 5) is 12.5. The van der Waals surface area contributed by atoms with E-state index in [1.807, 2.05) is 0 Å². The van der Waals surface area contributed by atoms with Gasteiger partial charge in [0.05, 0.1) is 19.6 Å². The van der Waals surface area contributed by atoms with Crippen LogP contribution in [0.2, 0.25) is 0 Å². The molecule has 5 heteroatoms. The first kappa shape index (κ1) is 10.9. The third-order valence-corrected chi connectivity index (χ3v) is 2.00. The van der Waals surface area contributed by atoms with Crippen molar-refractivity contribution in [2.24, 2.45) is 0 Å². The summed E-state index contributed by atoms with van der Waals surface area (Å²) in [7, 11) is 0. The molecule has 78 valence electrons. The van der Waals surface area contributed by atoms with E-state index in [1.165, 1.54) is 4.90 Å². The molecule has 1 amide bonds. The monoisotopic (exact) mass is 202 g/mol. The number of hydrogen-bond donors (Lipinski definition) is 1. The number of alkyl halides is 2. The Balaban J connectivity index is 2.26. The lowest BCUT2D eigenvalue weighted by Crippen LogP contribution is -2.37. The third kappa shape index (κ3) is 3.30. The third-order valence-electron chi connectivity index (χ3n) is 2.00. The van der Waals surface area contributed by atoms with Crippen molar-refractivity contribution in [3.05, 3.63) is 0 Å². The average Bonchev–Trinajstić information content (AvgIpc) is 2.42. The van der Waals surface area contributed by atoms with Crippen LogP contribution in [0.4, 0.5) is 8.78 Å². The minimum atomic E-state index is -2.65. The van der Waals surface area contributed by atoms with Crippen molar-refractivity contribution in [2.45, 2.75) is 12.3 Å². The number of carbonyl (C=O) groups is 1. The fourth-order valence-electron chi connectivity index (χ4n) is 1.35. The Morgan fingerprint density at radius 3 is 2.86 bits per heavy atom. The van der Waals surface area contributed by atoms with E-state index in [9.17, 15) is 13.6 Å². The molecule has 14 heavy (non-hydrogen) atoms. The zero-order chi connectivity index (χ0) is 10.6. The lowest BCUT2D eigenvalue weighted by atomic mass is 10.3. The molecule has 1 aliphatic rings. The highest BCUT2D eigenvalue weighted by Gasteiger charge is 2.38. The first-order chi connectivity index (χ1) is 6.53. The van der Waals surface area contributed by atoms with Gasteiger partial charge in [-0.15, -0.1) is 6.42 Å². The van der Waals surface area contributed by atoms with Crippen LogP contribution in [0.25, 0.3) is 0 Å². The molecular weight excluding hydrogens is 190 g/mol. The first-order valence-corrected chi connectivity index (χ1v) is 4.34. The summed E-state index contributed by atoms with van der Waals surface area (Å²) in [6, 6.07) is 0. The van der Waals surface area contributed by atoms with E-state index < -0.39 is 5.92 Å². The molecule has 0 aromatic rings. The highest BCUT2D eigenvalue weighted by atomic mass is 19.3. The van der Waals surface area contributed by atoms with Crippen molar-refractivity contribution in [1.82, 2.24) is 10.2 Å². The van der Waals surface area contributed by atoms with Gasteiger partial charge in [-0.05, 0) is 0 Å². The minimum absolute atomic E-state index is 0.00271. The zero-order valence-corrected chi connectivity index (χ0v) is 7.72. The minimum Gasteiger partial charge on any atom is -0.344 e. The number of hydrogen-bond acceptors (Lipinski definition) is 2. The number of likely N-dealkylation sites (tertiary alicyclic amines) is 1. The van der Waals surface area contributed by atoms with Crippen LogP contribution in [-0.2, 0) is 4.79 Å². The Morgan fingerprint density at radius 2 is 2.36 bits per heavy atom. The molecule has 0 aliphatic carbocycles. The molecule has 0 aromatic heterocycles. The van der Waals surface area contributed by atoms with Gasteiger partial charge in [-0.3, -0.25) is 9.69 Å². The van der Waals surface area contributed by atoms with E-state index in [1.54, 1.807) is 0 Å². The van der Waals surface area contributed by atoms with E-state index >= 15 is 0 Å². The molecule has 1 fully saturated rings. The lowest BCUT2D eigenvalue weighted by molar-refractivity contribution is -0.122. The molecule has 0 bridgehead atoms. The van der Waals surface area contributed by atoms with Crippen molar-refractivity contribution in [2.75, 3.05) is 26.2 Å². The topological polar surface area (TPSA) is 32.3 Å². The predicted octanol–water partition coefficient (Wildman–Crippen LogP) is 0.0768. The number of terminal acetylenes is 1. The Labute approximate surface area is 81.5 Å². The van der Waals surface area contributed by atoms with Gasteiger partial charge in [0.15, 0.2) is 0 Å². The standard InChI is InChI=1S/C9H12F2N2O/c1-2-4-12-8(14)6-13-5-3-9(10,11)7-13/h1H,3-7H2,(H,12,14). The molecule has 1 aliphatic heterocycles. The van der Waals surface area contributed by atoms with Gasteiger partial charge in [-0.2, -0.15) is 0 Å². The van der Waals surface area contributed by atoms with Crippen molar-refractivity contribution >= 4 is 5.91 Å². The van der Waals surface area contributed by atoms with Crippen LogP contribution in [0.3, 0.4) is 0 Å². The molecule has 1 N–H and O–H groups in total. The zero-order valence-electron chi connectivity index (χ0n) is 7.72. The second kappa shape index (κ2) is 4.38. The van der Waals surface area contributed by atoms with Gasteiger partial charge in [-0.1, -0.05) is 5.92 Å². The number of nitrogens with one attached hydrogen (secondary N) is 1. The maximum absolute atomic E-state index is 12.7. The van der Waals surface area contributed by atoms with Gasteiger partial charge in [0, 0.05) is 13.0 Å². The molecule has 0 aromatic carbocycles. The van der Waals surface area contributed by atoms with Crippen LogP contribution in [0.15, 0.2) is 0 Å². The Morgan fingerprint density at radius 1 is 1.64 bits per heavy atom. The molecule has 1 saturated heterocycles. The summed E-state index contributed by atoms with van der Waals surface area (Å²) in [5.74, 6) is -0.710. The van der Waals surface area contributed by atoms with Crippen LogP contribution >= 0.6 is 0 Å². The smallest absolute Gasteiger partial charge is 0.261 e. The summed E-state index contributed by atoms with van der Waals surface area (Å²) in [6.45, 7) is 0.0628. The second-order valence-electron chi connectivity index (χ2n) is 3.30. The highest BCUT2D eigenvalue weighted by molar-refractivity contribution is 5.78. The first-order valence-electron chi connectivity index (χ1n) is 4.34. The molecule has 0 atom stereocenters. The van der Waals surface area contributed by atoms with Crippen LogP contribution in [0.1, 0.15) is 6.42 Å². The Kier molecular flexibility index (Phi) is 3.42. The summed E-state index contributed by atoms with van der Waals surface area (Å²) >= 11 is 0. The van der Waals surface area contributed by atoms with Gasteiger partial charge >= 0.3 is 0 Å². The van der Waals surface area contributed by atoms with Gasteiger partial charge in [0.25, 0.3) is 5.92 Å². The molecule has 0 unspecified atom stereocenters. The number of carbonyl (C=O) groups excluding carboxylic acids is 1. The summed E-state index contributed by atoms with van der Waals surface area (Å²) in [6.07, 6.45) is 4.76. The molecular formula is C9H12F2N2O. The Bertz CT molecular complexity index is 260. The normalized spacial score (nSPS) is 20.4. The van der Waals surface area contributed by atoms with Gasteiger partial charge in [-0.25, -0.2) is 8.78 Å². The van der Waals surface area contributed by atoms with Gasteiger partial charge < -0.3 is 5.32 Å². The van der Waals surface area contributed by atoms with Crippen LogP contribution in [-0.4, -0.2) is 42.9 Å². The molecule has 1 rings (SSSR count). The molecule has 0 spiro atoms. The SMILES string of the molecule is C#CCNC(=O)CN1CCC(F)(F)C1. The molecule has 1 heterocycles. The second-order valence-corrected chi connectivity index (χ2v) is 3.30. The van der Waals surface area contributed by atoms with Crippen molar-refractivity contribution in [3.63, 3.8) is 0 Å². The highest BCUT2D eigenvalue weighted by Crippen LogP contribution is 2.26. The maximum Gasteiger partial charge on any atom is 0.261 e. The van der Waals surface area contributed by atoms with E-state index in [4.69, 9.17) is 6.42 Å². The Hall–Kier alpha value is -1.15. The average molecular weight is 202 g/mol. The molecule has 0 saturated carbocycles. The number of amides is 1. The fraction of sp³-hybridized carbons (Fsp3) is 0.667. The maximum atomic E-state index is 12.7. The largest absolute Gasteiger partial charge is 0.344 e. The van der Waals surface area contributed by atoms with E-state index in [0.717, 1.165) is 0 Å². The number of halogens is 2. The van der Waals surface area contributed by atoms with Crippen LogP contribution in [0.5, 0.6) is 0 Å². The summed E-state index contributed by atoms with van der Waals surface area (Å²) in [5.41, 5.74) is 0. The van der Waals surface area contributed by atoms with Gasteiger partial charge in [0.2, 0.25) is 5.91 Å². The van der Waals surface area contributed by atoms with Crippen molar-refractivity contribution in [1.29, 1.82) is 0 Å². The van der Waals surface area contributed by atoms with Crippen LogP contribution < -0.4 is 5.32 Å². The van der Waals surface area contributed by atoms with Crippen LogP contribution in [0, 0.1) is 12.3 Å². The van der Waals surface area contributed by atoms with Crippen molar-refractivity contribution in [3.8, 4) is 12.3 Å². The summed E-state index contributed by atoms with van der Waals surface area (Å²) < 4.78 is 25.4. The fourth-order valence-corrected chi connectivity index (χ4v) is 1.35. The van der Waals surface area contributed by atoms with Gasteiger partial charge in [0.1, 0.15) is 0 Å². The van der Waals surface area contributed by atoms with E-state index in [-0.39, 0.29) is 38.5 Å². The summed E-state index contributed by atoms with van der Waals surface area (Å²) in [5, 5.41) is 2.42. The van der Waals surface area contributed by atoms with E-state index in [2.05, 4.69) is 11.2 Å². The molecule has 3 nitrogen and oxygen atoms in total. The number of nitrogens with zero attached hydrogens (tertiary/aromatic N) is 1. The number of rotatable bonds is 3.